The molecule has 1 fully saturated rings. The highest BCUT2D eigenvalue weighted by Crippen LogP contribution is 2.37. The summed E-state index contributed by atoms with van der Waals surface area (Å²) in [5.74, 6) is 1.31. The highest BCUT2D eigenvalue weighted by Gasteiger charge is 2.25. The molecule has 0 bridgehead atoms. The van der Waals surface area contributed by atoms with E-state index in [1.54, 1.807) is 0 Å². The van der Waals surface area contributed by atoms with Crippen molar-refractivity contribution in [2.45, 2.75) is 38.0 Å². The molecule has 3 N–H and O–H groups in total. The second-order valence-electron chi connectivity index (χ2n) is 5.53. The summed E-state index contributed by atoms with van der Waals surface area (Å²) in [6.45, 7) is 0.770. The van der Waals surface area contributed by atoms with Gasteiger partial charge in [-0.2, -0.15) is 0 Å². The fourth-order valence-corrected chi connectivity index (χ4v) is 3.51. The van der Waals surface area contributed by atoms with E-state index in [4.69, 9.17) is 5.73 Å². The maximum Gasteiger partial charge on any atom is 0.0456 e. The van der Waals surface area contributed by atoms with Crippen molar-refractivity contribution in [3.63, 3.8) is 0 Å². The summed E-state index contributed by atoms with van der Waals surface area (Å²) in [4.78, 5) is 3.39. The number of H-pyrrole nitrogens is 1. The summed E-state index contributed by atoms with van der Waals surface area (Å²) in [6, 6.07) is 8.56. The number of nitrogens with one attached hydrogen (secondary N) is 1. The topological polar surface area (TPSA) is 41.8 Å². The first-order valence-electron chi connectivity index (χ1n) is 7.16. The fourth-order valence-electron chi connectivity index (χ4n) is 3.51. The molecule has 1 saturated carbocycles. The van der Waals surface area contributed by atoms with Crippen molar-refractivity contribution in [1.29, 1.82) is 0 Å². The molecule has 0 radical (unpaired) electrons. The average Bonchev–Trinajstić information content (AvgIpc) is 2.85. The van der Waals surface area contributed by atoms with Gasteiger partial charge in [0.25, 0.3) is 0 Å². The van der Waals surface area contributed by atoms with Crippen LogP contribution in [0, 0.1) is 5.92 Å². The van der Waals surface area contributed by atoms with E-state index in [9.17, 15) is 0 Å². The molecule has 1 aromatic carbocycles. The van der Waals surface area contributed by atoms with Crippen molar-refractivity contribution in [2.75, 3.05) is 6.54 Å². The zero-order valence-electron chi connectivity index (χ0n) is 10.9. The van der Waals surface area contributed by atoms with Gasteiger partial charge in [-0.05, 0) is 36.9 Å². The fraction of sp³-hybridized carbons (Fsp3) is 0.500. The van der Waals surface area contributed by atoms with Crippen LogP contribution in [-0.4, -0.2) is 11.5 Å². The van der Waals surface area contributed by atoms with E-state index < -0.39 is 0 Å². The van der Waals surface area contributed by atoms with Gasteiger partial charge in [0.1, 0.15) is 0 Å². The first-order valence-corrected chi connectivity index (χ1v) is 7.16. The monoisotopic (exact) mass is 242 g/mol. The van der Waals surface area contributed by atoms with Gasteiger partial charge in [-0.3, -0.25) is 0 Å². The highest BCUT2D eigenvalue weighted by molar-refractivity contribution is 5.83. The van der Waals surface area contributed by atoms with Crippen molar-refractivity contribution < 1.29 is 0 Å². The summed E-state index contributed by atoms with van der Waals surface area (Å²) in [5, 5.41) is 1.36. The molecule has 0 spiro atoms. The van der Waals surface area contributed by atoms with Crippen LogP contribution in [-0.2, 0) is 0 Å². The Bertz CT molecular complexity index is 509. The average molecular weight is 242 g/mol. The summed E-state index contributed by atoms with van der Waals surface area (Å²) in [5.41, 5.74) is 8.74. The molecule has 1 unspecified atom stereocenters. The van der Waals surface area contributed by atoms with Gasteiger partial charge in [-0.1, -0.05) is 37.5 Å². The first-order chi connectivity index (χ1) is 8.90. The molecular formula is C16H22N2. The molecule has 0 amide bonds. The Balaban J connectivity index is 1.95. The van der Waals surface area contributed by atoms with Crippen LogP contribution in [0.5, 0.6) is 0 Å². The van der Waals surface area contributed by atoms with Gasteiger partial charge in [0.15, 0.2) is 0 Å². The number of rotatable bonds is 3. The SMILES string of the molecule is NCC(c1c[nH]c2ccccc12)C1CCCCC1. The van der Waals surface area contributed by atoms with E-state index in [0.717, 1.165) is 12.5 Å². The maximum atomic E-state index is 6.07. The number of para-hydroxylation sites is 1. The Morgan fingerprint density at radius 3 is 2.72 bits per heavy atom. The quantitative estimate of drug-likeness (QED) is 0.844. The van der Waals surface area contributed by atoms with Gasteiger partial charge >= 0.3 is 0 Å². The summed E-state index contributed by atoms with van der Waals surface area (Å²) in [7, 11) is 0. The Morgan fingerprint density at radius 2 is 1.94 bits per heavy atom. The van der Waals surface area contributed by atoms with E-state index in [1.807, 2.05) is 0 Å². The lowest BCUT2D eigenvalue weighted by atomic mass is 9.77. The number of aromatic amines is 1. The predicted octanol–water partition coefficient (Wildman–Crippen LogP) is 3.79. The Labute approximate surface area is 109 Å². The number of hydrogen-bond acceptors (Lipinski definition) is 1. The predicted molar refractivity (Wildman–Crippen MR) is 76.7 cm³/mol. The third-order valence-corrected chi connectivity index (χ3v) is 4.49. The van der Waals surface area contributed by atoms with Crippen molar-refractivity contribution in [2.24, 2.45) is 11.7 Å². The zero-order chi connectivity index (χ0) is 12.4. The van der Waals surface area contributed by atoms with Gasteiger partial charge in [-0.25, -0.2) is 0 Å². The standard InChI is InChI=1S/C16H22N2/c17-10-14(12-6-2-1-3-7-12)15-11-18-16-9-5-4-8-13(15)16/h4-5,8-9,11-12,14,18H,1-3,6-7,10,17H2. The number of benzene rings is 1. The normalized spacial score (nSPS) is 19.2. The molecule has 1 aromatic heterocycles. The number of aromatic nitrogens is 1. The van der Waals surface area contributed by atoms with Crippen LogP contribution >= 0.6 is 0 Å². The highest BCUT2D eigenvalue weighted by atomic mass is 14.7. The Kier molecular flexibility index (Phi) is 3.37. The summed E-state index contributed by atoms with van der Waals surface area (Å²) >= 11 is 0. The number of fused-ring (bicyclic) bond motifs is 1. The van der Waals surface area contributed by atoms with Crippen LogP contribution in [0.4, 0.5) is 0 Å². The summed E-state index contributed by atoms with van der Waals surface area (Å²) < 4.78 is 0. The molecule has 2 aromatic rings. The van der Waals surface area contributed by atoms with E-state index >= 15 is 0 Å². The van der Waals surface area contributed by atoms with Crippen LogP contribution in [0.15, 0.2) is 30.5 Å². The minimum Gasteiger partial charge on any atom is -0.361 e. The first kappa shape index (κ1) is 11.8. The lowest BCUT2D eigenvalue weighted by Crippen LogP contribution is -2.23. The molecule has 0 saturated heterocycles. The second kappa shape index (κ2) is 5.15. The molecule has 0 aliphatic heterocycles. The van der Waals surface area contributed by atoms with Crippen molar-refractivity contribution in [1.82, 2.24) is 4.98 Å². The molecule has 1 aliphatic rings. The van der Waals surface area contributed by atoms with Crippen LogP contribution in [0.25, 0.3) is 10.9 Å². The molecule has 96 valence electrons. The Hall–Kier alpha value is -1.28. The third kappa shape index (κ3) is 2.05. The molecular weight excluding hydrogens is 220 g/mol. The third-order valence-electron chi connectivity index (χ3n) is 4.49. The molecule has 18 heavy (non-hydrogen) atoms. The van der Waals surface area contributed by atoms with Crippen LogP contribution < -0.4 is 5.73 Å². The lowest BCUT2D eigenvalue weighted by Gasteiger charge is -2.29. The van der Waals surface area contributed by atoms with E-state index in [1.165, 1.54) is 48.6 Å². The van der Waals surface area contributed by atoms with Gasteiger partial charge in [0, 0.05) is 23.0 Å². The summed E-state index contributed by atoms with van der Waals surface area (Å²) in [6.07, 6.45) is 9.04. The maximum absolute atomic E-state index is 6.07. The van der Waals surface area contributed by atoms with Gasteiger partial charge in [0.05, 0.1) is 0 Å². The van der Waals surface area contributed by atoms with E-state index in [2.05, 4.69) is 35.4 Å². The molecule has 2 heteroatoms. The minimum absolute atomic E-state index is 0.529. The minimum atomic E-state index is 0.529. The lowest BCUT2D eigenvalue weighted by molar-refractivity contribution is 0.308. The van der Waals surface area contributed by atoms with Crippen LogP contribution in [0.3, 0.4) is 0 Å². The van der Waals surface area contributed by atoms with Gasteiger partial charge in [0.2, 0.25) is 0 Å². The number of nitrogens with two attached hydrogens (primary N) is 1. The molecule has 1 aliphatic carbocycles. The van der Waals surface area contributed by atoms with Gasteiger partial charge in [-0.15, -0.1) is 0 Å². The van der Waals surface area contributed by atoms with E-state index in [-0.39, 0.29) is 0 Å². The Morgan fingerprint density at radius 1 is 1.17 bits per heavy atom. The van der Waals surface area contributed by atoms with Crippen molar-refractivity contribution >= 4 is 10.9 Å². The molecule has 3 rings (SSSR count). The largest absolute Gasteiger partial charge is 0.361 e. The van der Waals surface area contributed by atoms with Crippen LogP contribution in [0.2, 0.25) is 0 Å². The van der Waals surface area contributed by atoms with Crippen molar-refractivity contribution in [3.05, 3.63) is 36.0 Å². The van der Waals surface area contributed by atoms with E-state index in [0.29, 0.717) is 5.92 Å². The number of hydrogen-bond donors (Lipinski definition) is 2. The van der Waals surface area contributed by atoms with Gasteiger partial charge < -0.3 is 10.7 Å². The molecule has 2 nitrogen and oxygen atoms in total. The van der Waals surface area contributed by atoms with Crippen LogP contribution in [0.1, 0.15) is 43.6 Å². The second-order valence-corrected chi connectivity index (χ2v) is 5.53. The molecule has 1 atom stereocenters. The van der Waals surface area contributed by atoms with Crippen molar-refractivity contribution in [3.8, 4) is 0 Å². The smallest absolute Gasteiger partial charge is 0.0456 e. The zero-order valence-corrected chi connectivity index (χ0v) is 10.9. The molecule has 1 heterocycles.